The van der Waals surface area contributed by atoms with Gasteiger partial charge in [-0.1, -0.05) is 28.1 Å². The number of benzene rings is 1. The van der Waals surface area contributed by atoms with E-state index in [-0.39, 0.29) is 6.61 Å². The first-order chi connectivity index (χ1) is 8.69. The maximum atomic E-state index is 8.85. The molecule has 0 aliphatic heterocycles. The molecule has 0 fully saturated rings. The van der Waals surface area contributed by atoms with Crippen LogP contribution in [0.2, 0.25) is 0 Å². The molecule has 0 aliphatic carbocycles. The molecule has 0 spiro atoms. The van der Waals surface area contributed by atoms with Gasteiger partial charge in [0.25, 0.3) is 0 Å². The number of nitrogens with zero attached hydrogens (tertiary/aromatic N) is 2. The summed E-state index contributed by atoms with van der Waals surface area (Å²) in [5, 5.41) is 8.85. The molecule has 0 radical (unpaired) electrons. The first-order valence-electron chi connectivity index (χ1n) is 5.78. The molecule has 1 heterocycles. The zero-order valence-electron chi connectivity index (χ0n) is 10.2. The fraction of sp³-hybridized carbons (Fsp3) is 0.308. The van der Waals surface area contributed by atoms with Crippen molar-refractivity contribution in [1.29, 1.82) is 0 Å². The molecular weight excluding hydrogens is 294 g/mol. The highest BCUT2D eigenvalue weighted by atomic mass is 79.9. The van der Waals surface area contributed by atoms with E-state index < -0.39 is 0 Å². The highest BCUT2D eigenvalue weighted by molar-refractivity contribution is 9.10. The Balaban J connectivity index is 2.10. The summed E-state index contributed by atoms with van der Waals surface area (Å²) in [5.41, 5.74) is 2.11. The quantitative estimate of drug-likeness (QED) is 0.891. The highest BCUT2D eigenvalue weighted by Gasteiger charge is 2.06. The van der Waals surface area contributed by atoms with Crippen LogP contribution < -0.4 is 0 Å². The van der Waals surface area contributed by atoms with Gasteiger partial charge < -0.3 is 10.1 Å². The molecule has 0 saturated heterocycles. The van der Waals surface area contributed by atoms with Crippen molar-refractivity contribution in [1.82, 2.24) is 14.9 Å². The fourth-order valence-electron chi connectivity index (χ4n) is 1.75. The van der Waals surface area contributed by atoms with Crippen LogP contribution in [0.5, 0.6) is 0 Å². The van der Waals surface area contributed by atoms with Crippen LogP contribution in [0.1, 0.15) is 5.82 Å². The van der Waals surface area contributed by atoms with Crippen LogP contribution in [0.4, 0.5) is 0 Å². The Bertz CT molecular complexity index is 512. The largest absolute Gasteiger partial charge is 0.395 e. The Morgan fingerprint density at radius 3 is 3.00 bits per heavy atom. The van der Waals surface area contributed by atoms with Gasteiger partial charge in [0.05, 0.1) is 25.0 Å². The number of aromatic amines is 1. The van der Waals surface area contributed by atoms with Crippen LogP contribution in [0.15, 0.2) is 34.9 Å². The molecule has 1 aromatic heterocycles. The Hall–Kier alpha value is -1.17. The lowest BCUT2D eigenvalue weighted by molar-refractivity contribution is 0.215. The van der Waals surface area contributed by atoms with E-state index >= 15 is 0 Å². The highest BCUT2D eigenvalue weighted by Crippen LogP contribution is 2.21. The number of aliphatic hydroxyl groups excluding tert-OH is 1. The van der Waals surface area contributed by atoms with Gasteiger partial charge in [-0.05, 0) is 19.2 Å². The van der Waals surface area contributed by atoms with Gasteiger partial charge >= 0.3 is 0 Å². The number of hydrogen-bond acceptors (Lipinski definition) is 3. The van der Waals surface area contributed by atoms with Crippen molar-refractivity contribution in [2.24, 2.45) is 0 Å². The predicted molar refractivity (Wildman–Crippen MR) is 75.1 cm³/mol. The third-order valence-corrected chi connectivity index (χ3v) is 3.16. The summed E-state index contributed by atoms with van der Waals surface area (Å²) in [7, 11) is 1.96. The van der Waals surface area contributed by atoms with Gasteiger partial charge in [0.2, 0.25) is 0 Å². The van der Waals surface area contributed by atoms with Gasteiger partial charge in [0.1, 0.15) is 5.82 Å². The minimum absolute atomic E-state index is 0.162. The average Bonchev–Trinajstić information content (AvgIpc) is 2.78. The Labute approximate surface area is 115 Å². The number of rotatable bonds is 5. The molecule has 96 valence electrons. The standard InChI is InChI=1S/C13H16BrN3O/c1-17(5-6-18)9-13-15-8-12(16-13)10-3-2-4-11(14)7-10/h2-4,7-8,18H,5-6,9H2,1H3,(H,15,16). The van der Waals surface area contributed by atoms with Crippen molar-refractivity contribution < 1.29 is 5.11 Å². The number of aliphatic hydroxyl groups is 1. The monoisotopic (exact) mass is 309 g/mol. The van der Waals surface area contributed by atoms with Crippen LogP contribution >= 0.6 is 15.9 Å². The molecular formula is C13H16BrN3O. The van der Waals surface area contributed by atoms with E-state index in [9.17, 15) is 0 Å². The number of nitrogens with one attached hydrogen (secondary N) is 1. The minimum atomic E-state index is 0.162. The van der Waals surface area contributed by atoms with Gasteiger partial charge in [0.15, 0.2) is 0 Å². The second kappa shape index (κ2) is 6.13. The number of H-pyrrole nitrogens is 1. The lowest BCUT2D eigenvalue weighted by Gasteiger charge is -2.12. The van der Waals surface area contributed by atoms with Crippen molar-refractivity contribution in [2.75, 3.05) is 20.2 Å². The van der Waals surface area contributed by atoms with E-state index in [1.54, 1.807) is 0 Å². The molecule has 4 nitrogen and oxygen atoms in total. The van der Waals surface area contributed by atoms with Crippen molar-refractivity contribution in [3.63, 3.8) is 0 Å². The summed E-state index contributed by atoms with van der Waals surface area (Å²) in [6.45, 7) is 1.51. The van der Waals surface area contributed by atoms with E-state index in [0.717, 1.165) is 21.6 Å². The lowest BCUT2D eigenvalue weighted by atomic mass is 10.2. The van der Waals surface area contributed by atoms with E-state index in [0.29, 0.717) is 13.1 Å². The topological polar surface area (TPSA) is 52.1 Å². The fourth-order valence-corrected chi connectivity index (χ4v) is 2.15. The number of aromatic nitrogens is 2. The van der Waals surface area contributed by atoms with Gasteiger partial charge in [-0.15, -0.1) is 0 Å². The minimum Gasteiger partial charge on any atom is -0.395 e. The van der Waals surface area contributed by atoms with Crippen LogP contribution in [0, 0.1) is 0 Å². The molecule has 0 unspecified atom stereocenters. The van der Waals surface area contributed by atoms with Crippen LogP contribution in [0.3, 0.4) is 0 Å². The molecule has 0 aliphatic rings. The first-order valence-corrected chi connectivity index (χ1v) is 6.57. The van der Waals surface area contributed by atoms with Crippen molar-refractivity contribution in [2.45, 2.75) is 6.54 Å². The average molecular weight is 310 g/mol. The molecule has 0 atom stereocenters. The van der Waals surface area contributed by atoms with E-state index in [1.807, 2.05) is 36.3 Å². The normalized spacial score (nSPS) is 11.1. The van der Waals surface area contributed by atoms with Crippen molar-refractivity contribution >= 4 is 15.9 Å². The van der Waals surface area contributed by atoms with Crippen molar-refractivity contribution in [3.8, 4) is 11.3 Å². The molecule has 2 rings (SSSR count). The summed E-state index contributed by atoms with van der Waals surface area (Å²) in [6.07, 6.45) is 1.84. The van der Waals surface area contributed by atoms with Gasteiger partial charge in [-0.2, -0.15) is 0 Å². The third-order valence-electron chi connectivity index (χ3n) is 2.67. The number of halogens is 1. The van der Waals surface area contributed by atoms with Gasteiger partial charge in [0, 0.05) is 16.6 Å². The molecule has 5 heteroatoms. The molecule has 0 saturated carbocycles. The molecule has 2 aromatic rings. The summed E-state index contributed by atoms with van der Waals surface area (Å²) < 4.78 is 1.05. The Morgan fingerprint density at radius 1 is 1.44 bits per heavy atom. The summed E-state index contributed by atoms with van der Waals surface area (Å²) in [4.78, 5) is 9.66. The molecule has 0 amide bonds. The second-order valence-electron chi connectivity index (χ2n) is 4.22. The van der Waals surface area contributed by atoms with E-state index in [4.69, 9.17) is 5.11 Å². The molecule has 0 bridgehead atoms. The summed E-state index contributed by atoms with van der Waals surface area (Å²) in [6, 6.07) is 8.09. The van der Waals surface area contributed by atoms with Crippen LogP contribution in [-0.2, 0) is 6.54 Å². The molecule has 2 N–H and O–H groups in total. The van der Waals surface area contributed by atoms with Gasteiger partial charge in [-0.3, -0.25) is 4.90 Å². The third kappa shape index (κ3) is 3.41. The zero-order chi connectivity index (χ0) is 13.0. The smallest absolute Gasteiger partial charge is 0.120 e. The lowest BCUT2D eigenvalue weighted by Crippen LogP contribution is -2.22. The predicted octanol–water partition coefficient (Wildman–Crippen LogP) is 2.26. The number of likely N-dealkylation sites (N-methyl/N-ethyl adjacent to an activating group) is 1. The zero-order valence-corrected chi connectivity index (χ0v) is 11.8. The van der Waals surface area contributed by atoms with E-state index in [2.05, 4.69) is 32.0 Å². The van der Waals surface area contributed by atoms with Crippen LogP contribution in [-0.4, -0.2) is 40.2 Å². The summed E-state index contributed by atoms with van der Waals surface area (Å²) >= 11 is 3.46. The second-order valence-corrected chi connectivity index (χ2v) is 5.13. The first kappa shape index (κ1) is 13.3. The number of hydrogen-bond donors (Lipinski definition) is 2. The Morgan fingerprint density at radius 2 is 2.28 bits per heavy atom. The maximum absolute atomic E-state index is 8.85. The van der Waals surface area contributed by atoms with Gasteiger partial charge in [-0.25, -0.2) is 4.98 Å². The van der Waals surface area contributed by atoms with E-state index in [1.165, 1.54) is 0 Å². The van der Waals surface area contributed by atoms with Crippen LogP contribution in [0.25, 0.3) is 11.3 Å². The SMILES string of the molecule is CN(CCO)Cc1ncc(-c2cccc(Br)c2)[nH]1. The summed E-state index contributed by atoms with van der Waals surface area (Å²) in [5.74, 6) is 0.904. The number of imidazole rings is 1. The Kier molecular flexibility index (Phi) is 4.52. The molecule has 18 heavy (non-hydrogen) atoms. The van der Waals surface area contributed by atoms with Crippen molar-refractivity contribution in [3.05, 3.63) is 40.8 Å². The maximum Gasteiger partial charge on any atom is 0.120 e. The molecule has 1 aromatic carbocycles.